The molecule has 5 N–H and O–H groups in total. The molecule has 0 amide bonds. The van der Waals surface area contributed by atoms with Gasteiger partial charge in [0, 0.05) is 42.7 Å². The summed E-state index contributed by atoms with van der Waals surface area (Å²) in [5.74, 6) is 1.37. The summed E-state index contributed by atoms with van der Waals surface area (Å²) in [7, 11) is 0. The molecule has 0 saturated heterocycles. The van der Waals surface area contributed by atoms with Crippen LogP contribution in [0.1, 0.15) is 28.7 Å². The Kier molecular flexibility index (Phi) is 16.4. The average Bonchev–Trinajstić information content (AvgIpc) is 3.13. The van der Waals surface area contributed by atoms with Gasteiger partial charge in [0.1, 0.15) is 24.2 Å². The summed E-state index contributed by atoms with van der Waals surface area (Å²) in [6, 6.07) is 18.3. The van der Waals surface area contributed by atoms with Crippen LogP contribution in [-0.4, -0.2) is 79.7 Å². The Morgan fingerprint density at radius 1 is 0.820 bits per heavy atom. The number of pyridine rings is 1. The number of rotatable bonds is 20. The third-order valence-corrected chi connectivity index (χ3v) is 11.6. The minimum atomic E-state index is -0.918. The van der Waals surface area contributed by atoms with E-state index in [1.165, 1.54) is 6.20 Å². The number of hydrogen-bond acceptors (Lipinski definition) is 10. The Bertz CT molecular complexity index is 1740. The van der Waals surface area contributed by atoms with Crippen LogP contribution in [0.2, 0.25) is 25.5 Å². The molecule has 0 radical (unpaired) electrons. The van der Waals surface area contributed by atoms with E-state index in [0.29, 0.717) is 77.5 Å². The number of nitrogens with zero attached hydrogens (tertiary/aromatic N) is 2. The molecule has 0 aliphatic rings. The number of halogens is 3. The molecular weight excluding hydrogens is 768 g/mol. The van der Waals surface area contributed by atoms with Crippen LogP contribution >= 0.6 is 34.8 Å². The number of ether oxygens (including phenoxy) is 3. The first-order chi connectivity index (χ1) is 24.2. The predicted octanol–water partition coefficient (Wildman–Crippen LogP) is 5.58. The first-order valence-electron chi connectivity index (χ1n) is 15.8. The maximum atomic E-state index is 9.75. The second-order valence-electron chi connectivity index (χ2n) is 11.3. The quantitative estimate of drug-likeness (QED) is 0.0565. The van der Waals surface area contributed by atoms with Gasteiger partial charge in [-0.25, -0.2) is 0 Å². The number of aliphatic hydroxyl groups is 4. The fraction of sp³-hybridized carbons (Fsp3) is 0.333. The van der Waals surface area contributed by atoms with E-state index in [9.17, 15) is 15.5 Å². The molecule has 0 fully saturated rings. The van der Waals surface area contributed by atoms with E-state index < -0.39 is 12.2 Å². The number of nitriles is 1. The van der Waals surface area contributed by atoms with Gasteiger partial charge in [-0.15, -0.1) is 0 Å². The minimum Gasteiger partial charge on any atom is -0.394 e. The summed E-state index contributed by atoms with van der Waals surface area (Å²) in [6.45, 7) is 0.573. The summed E-state index contributed by atoms with van der Waals surface area (Å²) in [5.41, 5.74) is 3.92. The molecule has 50 heavy (non-hydrogen) atoms. The van der Waals surface area contributed by atoms with Gasteiger partial charge in [-0.1, -0.05) is 11.6 Å². The first-order valence-corrected chi connectivity index (χ1v) is 19.9. The van der Waals surface area contributed by atoms with Crippen molar-refractivity contribution in [2.24, 2.45) is 0 Å². The number of aromatic nitrogens is 1. The van der Waals surface area contributed by atoms with Crippen molar-refractivity contribution in [3.8, 4) is 34.4 Å². The van der Waals surface area contributed by atoms with E-state index in [2.05, 4.69) is 16.4 Å². The Hall–Kier alpha value is -3.07. The van der Waals surface area contributed by atoms with Crippen molar-refractivity contribution in [1.82, 2.24) is 10.3 Å². The van der Waals surface area contributed by atoms with Gasteiger partial charge in [0.2, 0.25) is 0 Å². The molecule has 1 aromatic heterocycles. The van der Waals surface area contributed by atoms with Gasteiger partial charge in [0.25, 0.3) is 0 Å². The molecule has 3 atom stereocenters. The van der Waals surface area contributed by atoms with E-state index in [1.54, 1.807) is 24.4 Å². The predicted molar refractivity (Wildman–Crippen MR) is 196 cm³/mol. The van der Waals surface area contributed by atoms with Gasteiger partial charge in [0.05, 0.1) is 23.3 Å². The molecule has 0 spiro atoms. The smallest absolute Gasteiger partial charge is 0.0895 e. The van der Waals surface area contributed by atoms with Crippen molar-refractivity contribution in [2.45, 2.75) is 48.8 Å². The monoisotopic (exact) mass is 805 g/mol. The molecule has 0 aliphatic carbocycles. The zero-order valence-electron chi connectivity index (χ0n) is 27.1. The second-order valence-corrected chi connectivity index (χ2v) is 15.4. The minimum absolute atomic E-state index is 0.0859. The van der Waals surface area contributed by atoms with Gasteiger partial charge < -0.3 is 20.3 Å². The van der Waals surface area contributed by atoms with Crippen molar-refractivity contribution < 1.29 is 34.6 Å². The Morgan fingerprint density at radius 3 is 2.32 bits per heavy atom. The molecule has 3 aromatic carbocycles. The first kappa shape index (κ1) is 39.7. The summed E-state index contributed by atoms with van der Waals surface area (Å²) in [6.07, 6.45) is 2.37. The van der Waals surface area contributed by atoms with Crippen LogP contribution < -0.4 is 19.5 Å². The SMILES string of the molecule is N#Cc1cncc(COc2cc(OCc3cccc(-c4cccc(OCCC[AsH]C[C@@H](O)CO)c4Cl)c3Cl)c(Cl)cc2CNC[C@H](O)CO)c1. The standard InChI is InChI=1S/C36H39AsCl3N3O7/c38-31-11-26(17-43-18-28(47)20-45)33(49-21-24-10-23(14-41)15-42-16-24)12-34(31)50-22-25-4-1-5-29(35(25)39)30-6-2-7-32(36(30)40)48-9-3-8-37-13-27(46)19-44/h1-2,4-7,10-12,15-16,27-28,37,43-47H,3,8-9,13,17-22H2/t27-,28+/m1/s1. The third-order valence-electron chi connectivity index (χ3n) is 7.40. The summed E-state index contributed by atoms with van der Waals surface area (Å²) < 4.78 is 18.3. The van der Waals surface area contributed by atoms with Crippen LogP contribution in [0.5, 0.6) is 17.2 Å². The van der Waals surface area contributed by atoms with Crippen LogP contribution in [0.4, 0.5) is 0 Å². The molecule has 1 unspecified atom stereocenters. The van der Waals surface area contributed by atoms with Crippen LogP contribution in [0.15, 0.2) is 67.0 Å². The van der Waals surface area contributed by atoms with E-state index in [4.69, 9.17) is 59.2 Å². The van der Waals surface area contributed by atoms with Crippen molar-refractivity contribution in [3.05, 3.63) is 104 Å². The molecule has 4 aromatic rings. The van der Waals surface area contributed by atoms with E-state index >= 15 is 0 Å². The fourth-order valence-corrected chi connectivity index (χ4v) is 7.81. The zero-order valence-corrected chi connectivity index (χ0v) is 31.5. The van der Waals surface area contributed by atoms with Crippen molar-refractivity contribution in [1.29, 1.82) is 5.26 Å². The van der Waals surface area contributed by atoms with Crippen molar-refractivity contribution in [3.63, 3.8) is 0 Å². The molecule has 266 valence electrons. The fourth-order valence-electron chi connectivity index (χ4n) is 4.78. The van der Waals surface area contributed by atoms with Gasteiger partial charge in [-0.3, -0.25) is 4.98 Å². The van der Waals surface area contributed by atoms with Crippen molar-refractivity contribution >= 4 is 50.6 Å². The summed E-state index contributed by atoms with van der Waals surface area (Å²) >= 11 is 20.0. The largest absolute Gasteiger partial charge is 0.394 e. The van der Waals surface area contributed by atoms with Gasteiger partial charge >= 0.3 is 170 Å². The topological polar surface area (TPSA) is 157 Å². The van der Waals surface area contributed by atoms with E-state index in [0.717, 1.165) is 11.6 Å². The van der Waals surface area contributed by atoms with Crippen LogP contribution in [0.3, 0.4) is 0 Å². The Morgan fingerprint density at radius 2 is 1.56 bits per heavy atom. The number of benzene rings is 3. The van der Waals surface area contributed by atoms with E-state index in [1.807, 2.05) is 36.4 Å². The van der Waals surface area contributed by atoms with E-state index in [-0.39, 0.29) is 55.3 Å². The van der Waals surface area contributed by atoms with Crippen LogP contribution in [0, 0.1) is 11.3 Å². The molecule has 1 heterocycles. The molecule has 0 bridgehead atoms. The van der Waals surface area contributed by atoms with Gasteiger partial charge in [0.15, 0.2) is 0 Å². The molecule has 10 nitrogen and oxygen atoms in total. The number of nitrogens with one attached hydrogen (secondary N) is 1. The van der Waals surface area contributed by atoms with Crippen molar-refractivity contribution in [2.75, 3.05) is 26.4 Å². The average molecular weight is 807 g/mol. The maximum absolute atomic E-state index is 9.75. The third kappa shape index (κ3) is 11.7. The summed E-state index contributed by atoms with van der Waals surface area (Å²) in [5, 5.41) is 52.6. The van der Waals surface area contributed by atoms with Crippen LogP contribution in [0.25, 0.3) is 11.1 Å². The van der Waals surface area contributed by atoms with Gasteiger partial charge in [-0.2, -0.15) is 5.26 Å². The summed E-state index contributed by atoms with van der Waals surface area (Å²) in [4.78, 5) is 4.09. The second kappa shape index (κ2) is 20.7. The number of hydrogen-bond donors (Lipinski definition) is 5. The van der Waals surface area contributed by atoms with Gasteiger partial charge in [-0.05, 0) is 12.1 Å². The maximum Gasteiger partial charge on any atom is 0.0895 e. The Labute approximate surface area is 313 Å². The molecule has 4 rings (SSSR count). The number of aliphatic hydroxyl groups excluding tert-OH is 4. The molecular formula is C36H39AsCl3N3O7. The normalized spacial score (nSPS) is 12.5. The molecule has 0 aliphatic heterocycles. The van der Waals surface area contributed by atoms with Crippen LogP contribution in [-0.2, 0) is 19.8 Å². The molecule has 14 heteroatoms. The molecule has 0 saturated carbocycles. The Balaban J connectivity index is 1.48. The zero-order chi connectivity index (χ0) is 35.9.